The summed E-state index contributed by atoms with van der Waals surface area (Å²) in [6.07, 6.45) is 3.02. The molecule has 27 heavy (non-hydrogen) atoms. The molecule has 0 saturated carbocycles. The van der Waals surface area contributed by atoms with Crippen LogP contribution < -0.4 is 10.0 Å². The number of nitrogens with one attached hydrogen (secondary N) is 2. The molecule has 9 heteroatoms. The van der Waals surface area contributed by atoms with E-state index in [1.165, 1.54) is 37.4 Å². The maximum absolute atomic E-state index is 12.5. The molecule has 0 fully saturated rings. The Morgan fingerprint density at radius 3 is 2.48 bits per heavy atom. The van der Waals surface area contributed by atoms with Crippen molar-refractivity contribution in [2.45, 2.75) is 18.4 Å². The third-order valence-corrected chi connectivity index (χ3v) is 5.43. The van der Waals surface area contributed by atoms with E-state index < -0.39 is 10.0 Å². The average molecular weight is 405 g/mol. The molecule has 0 bridgehead atoms. The lowest BCUT2D eigenvalue weighted by molar-refractivity contribution is -0.114. The molecule has 140 valence electrons. The molecule has 2 aromatic carbocycles. The van der Waals surface area contributed by atoms with Crippen LogP contribution >= 0.6 is 11.6 Å². The van der Waals surface area contributed by atoms with Crippen molar-refractivity contribution in [2.75, 3.05) is 10.0 Å². The first-order valence-corrected chi connectivity index (χ1v) is 9.86. The van der Waals surface area contributed by atoms with Crippen molar-refractivity contribution >= 4 is 38.9 Å². The van der Waals surface area contributed by atoms with E-state index >= 15 is 0 Å². The van der Waals surface area contributed by atoms with Gasteiger partial charge in [0, 0.05) is 23.8 Å². The molecule has 1 heterocycles. The smallest absolute Gasteiger partial charge is 0.261 e. The Hall–Kier alpha value is -2.84. The van der Waals surface area contributed by atoms with Gasteiger partial charge in [-0.1, -0.05) is 29.8 Å². The highest BCUT2D eigenvalue weighted by Crippen LogP contribution is 2.20. The zero-order valence-corrected chi connectivity index (χ0v) is 16.0. The molecule has 1 aromatic heterocycles. The third kappa shape index (κ3) is 4.87. The van der Waals surface area contributed by atoms with Crippen molar-refractivity contribution < 1.29 is 13.2 Å². The monoisotopic (exact) mass is 404 g/mol. The van der Waals surface area contributed by atoms with Crippen LogP contribution in [0.2, 0.25) is 5.02 Å². The van der Waals surface area contributed by atoms with Crippen LogP contribution in [0.4, 0.5) is 11.4 Å². The number of carbonyl (C=O) groups is 1. The van der Waals surface area contributed by atoms with E-state index in [2.05, 4.69) is 15.1 Å². The Morgan fingerprint density at radius 1 is 1.11 bits per heavy atom. The van der Waals surface area contributed by atoms with E-state index in [0.29, 0.717) is 22.9 Å². The summed E-state index contributed by atoms with van der Waals surface area (Å²) in [5.41, 5.74) is 1.74. The second-order valence-electron chi connectivity index (χ2n) is 5.83. The molecule has 0 saturated heterocycles. The van der Waals surface area contributed by atoms with Gasteiger partial charge in [0.2, 0.25) is 5.91 Å². The van der Waals surface area contributed by atoms with E-state index in [4.69, 9.17) is 11.6 Å². The maximum Gasteiger partial charge on any atom is 0.261 e. The second kappa shape index (κ2) is 7.81. The lowest BCUT2D eigenvalue weighted by atomic mass is 10.2. The average Bonchev–Trinajstić information content (AvgIpc) is 3.03. The van der Waals surface area contributed by atoms with Crippen LogP contribution in [0.5, 0.6) is 0 Å². The SMILES string of the molecule is CC(=O)Nc1ccc(S(=O)(=O)Nc2cnn(Cc3ccccc3Cl)c2)cc1. The molecule has 7 nitrogen and oxygen atoms in total. The van der Waals surface area contributed by atoms with Crippen LogP contribution in [-0.4, -0.2) is 24.1 Å². The number of hydrogen-bond acceptors (Lipinski definition) is 4. The van der Waals surface area contributed by atoms with E-state index in [9.17, 15) is 13.2 Å². The van der Waals surface area contributed by atoms with E-state index in [1.54, 1.807) is 16.9 Å². The molecule has 0 aliphatic carbocycles. The highest BCUT2D eigenvalue weighted by molar-refractivity contribution is 7.92. The third-order valence-electron chi connectivity index (χ3n) is 3.66. The van der Waals surface area contributed by atoms with Gasteiger partial charge in [-0.2, -0.15) is 5.10 Å². The normalized spacial score (nSPS) is 11.2. The Morgan fingerprint density at radius 2 is 1.81 bits per heavy atom. The summed E-state index contributed by atoms with van der Waals surface area (Å²) in [5.74, 6) is -0.227. The molecule has 1 amide bonds. The van der Waals surface area contributed by atoms with Crippen molar-refractivity contribution in [3.05, 3.63) is 71.5 Å². The van der Waals surface area contributed by atoms with Gasteiger partial charge in [-0.3, -0.25) is 14.2 Å². The molecular weight excluding hydrogens is 388 g/mol. The van der Waals surface area contributed by atoms with Crippen molar-refractivity contribution in [3.63, 3.8) is 0 Å². The molecule has 0 aliphatic heterocycles. The van der Waals surface area contributed by atoms with E-state index in [-0.39, 0.29) is 10.8 Å². The molecule has 3 aromatic rings. The quantitative estimate of drug-likeness (QED) is 0.658. The standard InChI is InChI=1S/C18H17ClN4O3S/c1-13(24)21-15-6-8-17(9-7-15)27(25,26)22-16-10-20-23(12-16)11-14-4-2-3-5-18(14)19/h2-10,12,22H,11H2,1H3,(H,21,24). The fourth-order valence-corrected chi connectivity index (χ4v) is 3.66. The van der Waals surface area contributed by atoms with Crippen LogP contribution in [0.15, 0.2) is 65.8 Å². The first-order chi connectivity index (χ1) is 12.8. The van der Waals surface area contributed by atoms with Gasteiger partial charge < -0.3 is 5.32 Å². The van der Waals surface area contributed by atoms with Crippen LogP contribution in [0.3, 0.4) is 0 Å². The number of amides is 1. The number of aromatic nitrogens is 2. The summed E-state index contributed by atoms with van der Waals surface area (Å²) >= 11 is 6.13. The Kier molecular flexibility index (Phi) is 5.48. The van der Waals surface area contributed by atoms with Gasteiger partial charge in [0.1, 0.15) is 0 Å². The van der Waals surface area contributed by atoms with Crippen LogP contribution in [0, 0.1) is 0 Å². The number of sulfonamides is 1. The van der Waals surface area contributed by atoms with Crippen LogP contribution in [-0.2, 0) is 21.4 Å². The summed E-state index contributed by atoms with van der Waals surface area (Å²) in [6.45, 7) is 1.80. The Balaban J connectivity index is 1.72. The summed E-state index contributed by atoms with van der Waals surface area (Å²) in [6, 6.07) is 13.3. The van der Waals surface area contributed by atoms with Gasteiger partial charge >= 0.3 is 0 Å². The van der Waals surface area contributed by atoms with Gasteiger partial charge in [0.05, 0.1) is 23.3 Å². The maximum atomic E-state index is 12.5. The number of anilines is 2. The summed E-state index contributed by atoms with van der Waals surface area (Å²) < 4.78 is 29.1. The van der Waals surface area contributed by atoms with E-state index in [1.807, 2.05) is 18.2 Å². The largest absolute Gasteiger partial charge is 0.326 e. The lowest BCUT2D eigenvalue weighted by Crippen LogP contribution is -2.13. The fourth-order valence-electron chi connectivity index (χ4n) is 2.44. The van der Waals surface area contributed by atoms with Gasteiger partial charge in [0.15, 0.2) is 0 Å². The predicted octanol–water partition coefficient (Wildman–Crippen LogP) is 3.34. The molecule has 0 aliphatic rings. The predicted molar refractivity (Wildman–Crippen MR) is 104 cm³/mol. The van der Waals surface area contributed by atoms with Gasteiger partial charge in [-0.15, -0.1) is 0 Å². The molecular formula is C18H17ClN4O3S. The number of carbonyl (C=O) groups excluding carboxylic acids is 1. The van der Waals surface area contributed by atoms with Crippen LogP contribution in [0.25, 0.3) is 0 Å². The Labute approximate surface area is 162 Å². The molecule has 0 atom stereocenters. The number of nitrogens with zero attached hydrogens (tertiary/aromatic N) is 2. The first kappa shape index (κ1) is 18.9. The summed E-state index contributed by atoms with van der Waals surface area (Å²) in [5, 5.41) is 7.37. The highest BCUT2D eigenvalue weighted by Gasteiger charge is 2.15. The molecule has 3 rings (SSSR count). The number of hydrogen-bond donors (Lipinski definition) is 2. The Bertz CT molecular complexity index is 1060. The van der Waals surface area contributed by atoms with Gasteiger partial charge in [0.25, 0.3) is 10.0 Å². The second-order valence-corrected chi connectivity index (χ2v) is 7.92. The van der Waals surface area contributed by atoms with Crippen molar-refractivity contribution in [1.82, 2.24) is 9.78 Å². The lowest BCUT2D eigenvalue weighted by Gasteiger charge is -2.07. The van der Waals surface area contributed by atoms with Crippen molar-refractivity contribution in [1.29, 1.82) is 0 Å². The summed E-state index contributed by atoms with van der Waals surface area (Å²) in [4.78, 5) is 11.1. The minimum absolute atomic E-state index is 0.0791. The molecule has 2 N–H and O–H groups in total. The number of benzene rings is 2. The number of halogens is 1. The molecule has 0 unspecified atom stereocenters. The van der Waals surface area contributed by atoms with Crippen LogP contribution in [0.1, 0.15) is 12.5 Å². The minimum atomic E-state index is -3.77. The molecule has 0 radical (unpaired) electrons. The zero-order chi connectivity index (χ0) is 19.4. The summed E-state index contributed by atoms with van der Waals surface area (Å²) in [7, 11) is -3.77. The minimum Gasteiger partial charge on any atom is -0.326 e. The van der Waals surface area contributed by atoms with Gasteiger partial charge in [-0.05, 0) is 35.9 Å². The topological polar surface area (TPSA) is 93.1 Å². The molecule has 0 spiro atoms. The van der Waals surface area contributed by atoms with Crippen molar-refractivity contribution in [3.8, 4) is 0 Å². The fraction of sp³-hybridized carbons (Fsp3) is 0.111. The first-order valence-electron chi connectivity index (χ1n) is 8.00. The van der Waals surface area contributed by atoms with E-state index in [0.717, 1.165) is 5.56 Å². The van der Waals surface area contributed by atoms with Gasteiger partial charge in [-0.25, -0.2) is 8.42 Å². The zero-order valence-electron chi connectivity index (χ0n) is 14.4. The number of rotatable bonds is 6. The van der Waals surface area contributed by atoms with Crippen molar-refractivity contribution in [2.24, 2.45) is 0 Å². The highest BCUT2D eigenvalue weighted by atomic mass is 35.5.